The maximum Gasteiger partial charge on any atom is 0.261 e. The number of fused-ring (bicyclic) bond motifs is 1. The number of sulfonamides is 1. The Hall–Kier alpha value is -1.76. The standard InChI is InChI=1S/C15H22N2O4S/c1-3-4-10-16-15(18)14-9-11-17(22(2,19)20)12-7-5-6-8-13(12)21-14/h5-8,14H,3-4,9-11H2,1-2H3,(H,16,18)/t14-/m0/s1. The maximum absolute atomic E-state index is 12.2. The molecule has 0 spiro atoms. The molecule has 0 aliphatic carbocycles. The Balaban J connectivity index is 2.20. The molecule has 0 radical (unpaired) electrons. The predicted molar refractivity (Wildman–Crippen MR) is 85.6 cm³/mol. The highest BCUT2D eigenvalue weighted by Crippen LogP contribution is 2.33. The van der Waals surface area contributed by atoms with Crippen molar-refractivity contribution in [3.05, 3.63) is 24.3 Å². The number of ether oxygens (including phenoxy) is 1. The quantitative estimate of drug-likeness (QED) is 0.833. The van der Waals surface area contributed by atoms with Crippen molar-refractivity contribution >= 4 is 21.6 Å². The van der Waals surface area contributed by atoms with Gasteiger partial charge in [0.05, 0.1) is 11.9 Å². The van der Waals surface area contributed by atoms with Crippen LogP contribution in [-0.4, -0.2) is 39.8 Å². The van der Waals surface area contributed by atoms with Crippen LogP contribution in [0, 0.1) is 0 Å². The van der Waals surface area contributed by atoms with Crippen molar-refractivity contribution in [2.45, 2.75) is 32.3 Å². The molecule has 1 amide bonds. The van der Waals surface area contributed by atoms with Crippen LogP contribution in [0.25, 0.3) is 0 Å². The summed E-state index contributed by atoms with van der Waals surface area (Å²) in [5.41, 5.74) is 0.480. The highest BCUT2D eigenvalue weighted by molar-refractivity contribution is 7.92. The SMILES string of the molecule is CCCCNC(=O)[C@@H]1CCN(S(C)(=O)=O)c2ccccc2O1. The molecule has 2 rings (SSSR count). The smallest absolute Gasteiger partial charge is 0.261 e. The number of nitrogens with one attached hydrogen (secondary N) is 1. The first kappa shape index (κ1) is 16.6. The maximum atomic E-state index is 12.2. The highest BCUT2D eigenvalue weighted by atomic mass is 32.2. The van der Waals surface area contributed by atoms with Crippen molar-refractivity contribution < 1.29 is 17.9 Å². The first-order chi connectivity index (χ1) is 10.4. The summed E-state index contributed by atoms with van der Waals surface area (Å²) < 4.78 is 31.0. The Kier molecular flexibility index (Phi) is 5.28. The lowest BCUT2D eigenvalue weighted by Crippen LogP contribution is -2.40. The molecule has 1 aliphatic heterocycles. The lowest BCUT2D eigenvalue weighted by molar-refractivity contribution is -0.128. The van der Waals surface area contributed by atoms with Gasteiger partial charge in [-0.1, -0.05) is 25.5 Å². The van der Waals surface area contributed by atoms with E-state index in [1.165, 1.54) is 4.31 Å². The van der Waals surface area contributed by atoms with Crippen molar-refractivity contribution in [3.8, 4) is 5.75 Å². The van der Waals surface area contributed by atoms with E-state index in [4.69, 9.17) is 4.74 Å². The molecule has 1 aliphatic rings. The number of carbonyl (C=O) groups excluding carboxylic acids is 1. The molecule has 0 saturated carbocycles. The van der Waals surface area contributed by atoms with Gasteiger partial charge in [0.25, 0.3) is 5.91 Å². The minimum atomic E-state index is -3.41. The number of amides is 1. The Morgan fingerprint density at radius 3 is 2.82 bits per heavy atom. The zero-order valence-electron chi connectivity index (χ0n) is 12.9. The van der Waals surface area contributed by atoms with Crippen LogP contribution in [0.2, 0.25) is 0 Å². The number of benzene rings is 1. The van der Waals surface area contributed by atoms with Gasteiger partial charge < -0.3 is 10.1 Å². The topological polar surface area (TPSA) is 75.7 Å². The number of hydrogen-bond acceptors (Lipinski definition) is 4. The van der Waals surface area contributed by atoms with Gasteiger partial charge in [-0.15, -0.1) is 0 Å². The van der Waals surface area contributed by atoms with Gasteiger partial charge in [-0.2, -0.15) is 0 Å². The van der Waals surface area contributed by atoms with Gasteiger partial charge in [0.15, 0.2) is 6.10 Å². The first-order valence-electron chi connectivity index (χ1n) is 7.44. The molecule has 0 bridgehead atoms. The van der Waals surface area contributed by atoms with Gasteiger partial charge in [0.1, 0.15) is 5.75 Å². The molecule has 22 heavy (non-hydrogen) atoms. The van der Waals surface area contributed by atoms with Crippen LogP contribution in [0.4, 0.5) is 5.69 Å². The van der Waals surface area contributed by atoms with E-state index in [9.17, 15) is 13.2 Å². The number of hydrogen-bond donors (Lipinski definition) is 1. The van der Waals surface area contributed by atoms with E-state index in [1.54, 1.807) is 24.3 Å². The van der Waals surface area contributed by atoms with E-state index in [0.717, 1.165) is 19.1 Å². The van der Waals surface area contributed by atoms with E-state index in [2.05, 4.69) is 12.2 Å². The number of anilines is 1. The lowest BCUT2D eigenvalue weighted by atomic mass is 10.2. The molecule has 1 N–H and O–H groups in total. The average Bonchev–Trinajstić information content (AvgIpc) is 2.66. The van der Waals surface area contributed by atoms with Gasteiger partial charge in [0, 0.05) is 19.5 Å². The Morgan fingerprint density at radius 1 is 1.41 bits per heavy atom. The van der Waals surface area contributed by atoms with Crippen LogP contribution in [0.3, 0.4) is 0 Å². The first-order valence-corrected chi connectivity index (χ1v) is 9.29. The second-order valence-corrected chi connectivity index (χ2v) is 7.25. The van der Waals surface area contributed by atoms with E-state index in [0.29, 0.717) is 24.4 Å². The fourth-order valence-electron chi connectivity index (χ4n) is 2.36. The summed E-state index contributed by atoms with van der Waals surface area (Å²) in [6, 6.07) is 6.89. The number of carbonyl (C=O) groups is 1. The summed E-state index contributed by atoms with van der Waals surface area (Å²) >= 11 is 0. The third kappa shape index (κ3) is 3.91. The van der Waals surface area contributed by atoms with Crippen molar-refractivity contribution in [3.63, 3.8) is 0 Å². The van der Waals surface area contributed by atoms with Gasteiger partial charge >= 0.3 is 0 Å². The number of nitrogens with zero attached hydrogens (tertiary/aromatic N) is 1. The van der Waals surface area contributed by atoms with E-state index in [-0.39, 0.29) is 12.5 Å². The highest BCUT2D eigenvalue weighted by Gasteiger charge is 2.30. The molecule has 1 aromatic rings. The molecular formula is C15H22N2O4S. The summed E-state index contributed by atoms with van der Waals surface area (Å²) in [6.45, 7) is 2.88. The van der Waals surface area contributed by atoms with E-state index >= 15 is 0 Å². The third-order valence-corrected chi connectivity index (χ3v) is 4.70. The second kappa shape index (κ2) is 7.00. The molecule has 0 aromatic heterocycles. The molecule has 0 saturated heterocycles. The Bertz CT molecular complexity index is 630. The fraction of sp³-hybridized carbons (Fsp3) is 0.533. The molecule has 1 atom stereocenters. The average molecular weight is 326 g/mol. The van der Waals surface area contributed by atoms with Gasteiger partial charge in [-0.25, -0.2) is 8.42 Å². The largest absolute Gasteiger partial charge is 0.478 e. The number of para-hydroxylation sites is 2. The normalized spacial score (nSPS) is 18.1. The fourth-order valence-corrected chi connectivity index (χ4v) is 3.31. The van der Waals surface area contributed by atoms with Crippen molar-refractivity contribution in [1.29, 1.82) is 0 Å². The minimum Gasteiger partial charge on any atom is -0.478 e. The van der Waals surface area contributed by atoms with Crippen molar-refractivity contribution in [2.24, 2.45) is 0 Å². The van der Waals surface area contributed by atoms with Crippen LogP contribution < -0.4 is 14.4 Å². The predicted octanol–water partition coefficient (Wildman–Crippen LogP) is 1.52. The van der Waals surface area contributed by atoms with Crippen molar-refractivity contribution in [2.75, 3.05) is 23.7 Å². The Labute approximate surface area is 131 Å². The van der Waals surface area contributed by atoms with Crippen molar-refractivity contribution in [1.82, 2.24) is 5.32 Å². The summed E-state index contributed by atoms with van der Waals surface area (Å²) in [7, 11) is -3.41. The van der Waals surface area contributed by atoms with Crippen LogP contribution in [0.15, 0.2) is 24.3 Å². The molecular weight excluding hydrogens is 304 g/mol. The molecule has 6 nitrogen and oxygen atoms in total. The van der Waals surface area contributed by atoms with Crippen LogP contribution in [-0.2, 0) is 14.8 Å². The summed E-state index contributed by atoms with van der Waals surface area (Å²) in [4.78, 5) is 12.2. The van der Waals surface area contributed by atoms with Crippen LogP contribution in [0.5, 0.6) is 5.75 Å². The zero-order chi connectivity index (χ0) is 16.2. The summed E-state index contributed by atoms with van der Waals surface area (Å²) in [5.74, 6) is 0.222. The number of rotatable bonds is 5. The van der Waals surface area contributed by atoms with Gasteiger partial charge in [0.2, 0.25) is 10.0 Å². The third-order valence-electron chi connectivity index (χ3n) is 3.52. The molecule has 0 fully saturated rings. The molecule has 1 aromatic carbocycles. The summed E-state index contributed by atoms with van der Waals surface area (Å²) in [5, 5.41) is 2.83. The minimum absolute atomic E-state index is 0.196. The van der Waals surface area contributed by atoms with E-state index < -0.39 is 16.1 Å². The molecule has 7 heteroatoms. The monoisotopic (exact) mass is 326 g/mol. The van der Waals surface area contributed by atoms with Crippen LogP contribution in [0.1, 0.15) is 26.2 Å². The summed E-state index contributed by atoms with van der Waals surface area (Å²) in [6.07, 6.45) is 2.70. The Morgan fingerprint density at radius 2 is 2.14 bits per heavy atom. The van der Waals surface area contributed by atoms with Crippen LogP contribution >= 0.6 is 0 Å². The lowest BCUT2D eigenvalue weighted by Gasteiger charge is -2.20. The van der Waals surface area contributed by atoms with Gasteiger partial charge in [-0.3, -0.25) is 9.10 Å². The molecule has 1 heterocycles. The zero-order valence-corrected chi connectivity index (χ0v) is 13.7. The van der Waals surface area contributed by atoms with Gasteiger partial charge in [-0.05, 0) is 18.6 Å². The molecule has 122 valence electrons. The molecule has 0 unspecified atom stereocenters. The van der Waals surface area contributed by atoms with E-state index in [1.807, 2.05) is 0 Å². The second-order valence-electron chi connectivity index (χ2n) is 5.34. The number of unbranched alkanes of at least 4 members (excludes halogenated alkanes) is 1.